The van der Waals surface area contributed by atoms with Gasteiger partial charge in [0.15, 0.2) is 0 Å². The van der Waals surface area contributed by atoms with Crippen LogP contribution in [0.3, 0.4) is 0 Å². The van der Waals surface area contributed by atoms with E-state index < -0.39 is 5.97 Å². The molecule has 1 fully saturated rings. The number of hydrogen-bond donors (Lipinski definition) is 2. The van der Waals surface area contributed by atoms with Gasteiger partial charge >= 0.3 is 5.97 Å². The van der Waals surface area contributed by atoms with Crippen molar-refractivity contribution in [3.8, 4) is 0 Å². The van der Waals surface area contributed by atoms with Crippen LogP contribution in [0.1, 0.15) is 24.8 Å². The monoisotopic (exact) mass is 262 g/mol. The van der Waals surface area contributed by atoms with Crippen molar-refractivity contribution in [3.05, 3.63) is 29.8 Å². The van der Waals surface area contributed by atoms with Crippen LogP contribution in [-0.2, 0) is 4.79 Å². The highest BCUT2D eigenvalue weighted by Crippen LogP contribution is 2.20. The Labute approximate surface area is 114 Å². The standard InChI is InChI=1S/C15H22N2O2/c1-12-4-2-6-14(10-12)17-9-3-5-13(11-17)16-8-7-15(18)19/h2,4,6,10,13,16H,3,5,7-9,11H2,1H3,(H,18,19). The molecule has 1 saturated heterocycles. The van der Waals surface area contributed by atoms with Crippen LogP contribution in [0.25, 0.3) is 0 Å². The van der Waals surface area contributed by atoms with Crippen LogP contribution < -0.4 is 10.2 Å². The van der Waals surface area contributed by atoms with E-state index in [9.17, 15) is 4.79 Å². The van der Waals surface area contributed by atoms with Crippen molar-refractivity contribution in [2.45, 2.75) is 32.2 Å². The second-order valence-electron chi connectivity index (χ2n) is 5.22. The number of nitrogens with zero attached hydrogens (tertiary/aromatic N) is 1. The first-order valence-electron chi connectivity index (χ1n) is 6.92. The summed E-state index contributed by atoms with van der Waals surface area (Å²) in [5.74, 6) is -0.737. The van der Waals surface area contributed by atoms with Gasteiger partial charge in [0.1, 0.15) is 0 Å². The van der Waals surface area contributed by atoms with Gasteiger partial charge in [0.05, 0.1) is 6.42 Å². The molecule has 1 aromatic carbocycles. The third kappa shape index (κ3) is 4.24. The zero-order valence-corrected chi connectivity index (χ0v) is 11.4. The molecule has 1 aliphatic heterocycles. The highest BCUT2D eigenvalue weighted by atomic mass is 16.4. The minimum absolute atomic E-state index is 0.195. The first-order valence-corrected chi connectivity index (χ1v) is 6.92. The first-order chi connectivity index (χ1) is 9.15. The number of aliphatic carboxylic acids is 1. The Hall–Kier alpha value is -1.55. The number of hydrogen-bond acceptors (Lipinski definition) is 3. The normalized spacial score (nSPS) is 19.4. The molecule has 4 heteroatoms. The maximum absolute atomic E-state index is 10.5. The molecule has 104 valence electrons. The van der Waals surface area contributed by atoms with Crippen LogP contribution in [0.2, 0.25) is 0 Å². The van der Waals surface area contributed by atoms with E-state index >= 15 is 0 Å². The largest absolute Gasteiger partial charge is 0.481 e. The van der Waals surface area contributed by atoms with Crippen molar-refractivity contribution in [1.29, 1.82) is 0 Å². The van der Waals surface area contributed by atoms with E-state index in [1.165, 1.54) is 11.3 Å². The molecule has 1 heterocycles. The van der Waals surface area contributed by atoms with E-state index in [1.807, 2.05) is 0 Å². The zero-order valence-electron chi connectivity index (χ0n) is 11.4. The fourth-order valence-corrected chi connectivity index (χ4v) is 2.59. The topological polar surface area (TPSA) is 52.6 Å². The van der Waals surface area contributed by atoms with Crippen molar-refractivity contribution >= 4 is 11.7 Å². The van der Waals surface area contributed by atoms with Crippen molar-refractivity contribution < 1.29 is 9.90 Å². The lowest BCUT2D eigenvalue weighted by Gasteiger charge is -2.35. The van der Waals surface area contributed by atoms with E-state index in [0.29, 0.717) is 12.6 Å². The molecule has 1 atom stereocenters. The number of anilines is 1. The van der Waals surface area contributed by atoms with Crippen LogP contribution in [0.15, 0.2) is 24.3 Å². The van der Waals surface area contributed by atoms with Gasteiger partial charge in [0, 0.05) is 31.4 Å². The summed E-state index contributed by atoms with van der Waals surface area (Å²) in [5.41, 5.74) is 2.54. The van der Waals surface area contributed by atoms with Crippen LogP contribution in [-0.4, -0.2) is 36.8 Å². The van der Waals surface area contributed by atoms with Gasteiger partial charge in [0.2, 0.25) is 0 Å². The SMILES string of the molecule is Cc1cccc(N2CCCC(NCCC(=O)O)C2)c1. The molecule has 0 aromatic heterocycles. The lowest BCUT2D eigenvalue weighted by molar-refractivity contribution is -0.136. The number of rotatable bonds is 5. The summed E-state index contributed by atoms with van der Waals surface area (Å²) in [6.07, 6.45) is 2.47. The number of carboxylic acids is 1. The molecule has 2 N–H and O–H groups in total. The lowest BCUT2D eigenvalue weighted by atomic mass is 10.0. The first kappa shape index (κ1) is 13.9. The smallest absolute Gasteiger partial charge is 0.304 e. The van der Waals surface area contributed by atoms with E-state index in [-0.39, 0.29) is 6.42 Å². The minimum Gasteiger partial charge on any atom is -0.481 e. The molecular weight excluding hydrogens is 240 g/mol. The summed E-state index contributed by atoms with van der Waals surface area (Å²) >= 11 is 0. The second kappa shape index (κ2) is 6.57. The predicted molar refractivity (Wildman–Crippen MR) is 76.7 cm³/mol. The summed E-state index contributed by atoms with van der Waals surface area (Å²) in [5, 5.41) is 12.0. The Morgan fingerprint density at radius 2 is 2.37 bits per heavy atom. The molecule has 0 amide bonds. The molecular formula is C15H22N2O2. The molecule has 0 spiro atoms. The Morgan fingerprint density at radius 3 is 3.11 bits per heavy atom. The van der Waals surface area contributed by atoms with Crippen molar-refractivity contribution in [1.82, 2.24) is 5.32 Å². The van der Waals surface area contributed by atoms with E-state index in [0.717, 1.165) is 25.9 Å². The maximum atomic E-state index is 10.5. The summed E-state index contributed by atoms with van der Waals surface area (Å²) in [7, 11) is 0. The molecule has 0 saturated carbocycles. The van der Waals surface area contributed by atoms with Gasteiger partial charge in [-0.05, 0) is 37.5 Å². The third-order valence-electron chi connectivity index (χ3n) is 3.56. The fraction of sp³-hybridized carbons (Fsp3) is 0.533. The second-order valence-corrected chi connectivity index (χ2v) is 5.22. The highest BCUT2D eigenvalue weighted by molar-refractivity contribution is 5.66. The maximum Gasteiger partial charge on any atom is 0.304 e. The van der Waals surface area contributed by atoms with Crippen molar-refractivity contribution in [3.63, 3.8) is 0 Å². The summed E-state index contributed by atoms with van der Waals surface area (Å²) in [4.78, 5) is 12.9. The van der Waals surface area contributed by atoms with Gasteiger partial charge in [-0.25, -0.2) is 0 Å². The minimum atomic E-state index is -0.737. The number of benzene rings is 1. The van der Waals surface area contributed by atoms with Crippen LogP contribution in [0.4, 0.5) is 5.69 Å². The molecule has 1 aromatic rings. The Kier molecular flexibility index (Phi) is 4.80. The number of piperidine rings is 1. The van der Waals surface area contributed by atoms with Gasteiger partial charge in [0.25, 0.3) is 0 Å². The number of carboxylic acid groups (broad SMARTS) is 1. The van der Waals surface area contributed by atoms with E-state index in [2.05, 4.69) is 41.4 Å². The number of carbonyl (C=O) groups is 1. The van der Waals surface area contributed by atoms with Gasteiger partial charge in [-0.2, -0.15) is 0 Å². The Morgan fingerprint density at radius 1 is 1.53 bits per heavy atom. The fourth-order valence-electron chi connectivity index (χ4n) is 2.59. The Bertz CT molecular complexity index is 434. The molecule has 1 aliphatic rings. The van der Waals surface area contributed by atoms with Crippen LogP contribution >= 0.6 is 0 Å². The average Bonchev–Trinajstić information content (AvgIpc) is 2.39. The molecule has 4 nitrogen and oxygen atoms in total. The molecule has 0 bridgehead atoms. The number of aryl methyl sites for hydroxylation is 1. The van der Waals surface area contributed by atoms with Crippen LogP contribution in [0.5, 0.6) is 0 Å². The number of nitrogens with one attached hydrogen (secondary N) is 1. The third-order valence-corrected chi connectivity index (χ3v) is 3.56. The highest BCUT2D eigenvalue weighted by Gasteiger charge is 2.19. The predicted octanol–water partition coefficient (Wildman–Crippen LogP) is 2.03. The van der Waals surface area contributed by atoms with E-state index in [4.69, 9.17) is 5.11 Å². The van der Waals surface area contributed by atoms with Gasteiger partial charge in [-0.15, -0.1) is 0 Å². The molecule has 2 rings (SSSR count). The summed E-state index contributed by atoms with van der Waals surface area (Å²) < 4.78 is 0. The van der Waals surface area contributed by atoms with Gasteiger partial charge in [-0.1, -0.05) is 12.1 Å². The summed E-state index contributed by atoms with van der Waals surface area (Å²) in [6, 6.07) is 8.95. The molecule has 1 unspecified atom stereocenters. The molecule has 19 heavy (non-hydrogen) atoms. The quantitative estimate of drug-likeness (QED) is 0.852. The summed E-state index contributed by atoms with van der Waals surface area (Å²) in [6.45, 7) is 4.71. The van der Waals surface area contributed by atoms with Gasteiger partial charge < -0.3 is 15.3 Å². The van der Waals surface area contributed by atoms with Gasteiger partial charge in [-0.3, -0.25) is 4.79 Å². The van der Waals surface area contributed by atoms with Crippen molar-refractivity contribution in [2.24, 2.45) is 0 Å². The van der Waals surface area contributed by atoms with E-state index in [1.54, 1.807) is 0 Å². The van der Waals surface area contributed by atoms with Crippen molar-refractivity contribution in [2.75, 3.05) is 24.5 Å². The molecule has 0 radical (unpaired) electrons. The Balaban J connectivity index is 1.88. The van der Waals surface area contributed by atoms with Crippen LogP contribution in [0, 0.1) is 6.92 Å². The molecule has 0 aliphatic carbocycles. The average molecular weight is 262 g/mol. The zero-order chi connectivity index (χ0) is 13.7. The lowest BCUT2D eigenvalue weighted by Crippen LogP contribution is -2.46.